The smallest absolute Gasteiger partial charge is 0.254 e. The lowest BCUT2D eigenvalue weighted by molar-refractivity contribution is 0.0725. The number of hydrogen-bond donors (Lipinski definition) is 0. The SMILES string of the molecule is CCCOc1cccc2c1CCN(Cc1ccccc1)C2=O. The molecule has 2 aromatic rings. The molecule has 0 unspecified atom stereocenters. The zero-order valence-electron chi connectivity index (χ0n) is 12.9. The van der Waals surface area contributed by atoms with Gasteiger partial charge in [-0.3, -0.25) is 4.79 Å². The first kappa shape index (κ1) is 14.6. The highest BCUT2D eigenvalue weighted by Crippen LogP contribution is 2.28. The van der Waals surface area contributed by atoms with Gasteiger partial charge in [0.15, 0.2) is 0 Å². The van der Waals surface area contributed by atoms with Crippen LogP contribution in [0.2, 0.25) is 0 Å². The molecule has 0 aliphatic carbocycles. The number of fused-ring (bicyclic) bond motifs is 1. The molecule has 114 valence electrons. The number of ether oxygens (including phenoxy) is 1. The highest BCUT2D eigenvalue weighted by atomic mass is 16.5. The average Bonchev–Trinajstić information content (AvgIpc) is 2.56. The molecule has 1 aliphatic heterocycles. The first-order valence-electron chi connectivity index (χ1n) is 7.87. The van der Waals surface area contributed by atoms with Crippen LogP contribution in [0.5, 0.6) is 5.75 Å². The van der Waals surface area contributed by atoms with Crippen LogP contribution in [0.25, 0.3) is 0 Å². The first-order valence-corrected chi connectivity index (χ1v) is 7.87. The molecule has 0 N–H and O–H groups in total. The molecule has 1 aliphatic rings. The van der Waals surface area contributed by atoms with Gasteiger partial charge in [0.2, 0.25) is 0 Å². The predicted molar refractivity (Wildman–Crippen MR) is 87.1 cm³/mol. The third-order valence-corrected chi connectivity index (χ3v) is 3.96. The van der Waals surface area contributed by atoms with E-state index in [-0.39, 0.29) is 5.91 Å². The Bertz CT molecular complexity index is 652. The van der Waals surface area contributed by atoms with Crippen LogP contribution in [0, 0.1) is 0 Å². The van der Waals surface area contributed by atoms with Gasteiger partial charge in [0.25, 0.3) is 5.91 Å². The Labute approximate surface area is 131 Å². The highest BCUT2D eigenvalue weighted by molar-refractivity contribution is 5.97. The first-order chi connectivity index (χ1) is 10.8. The monoisotopic (exact) mass is 295 g/mol. The zero-order valence-corrected chi connectivity index (χ0v) is 12.9. The van der Waals surface area contributed by atoms with Crippen molar-refractivity contribution in [3.05, 3.63) is 65.2 Å². The molecule has 0 fully saturated rings. The van der Waals surface area contributed by atoms with Crippen LogP contribution in [-0.4, -0.2) is 24.0 Å². The largest absolute Gasteiger partial charge is 0.493 e. The lowest BCUT2D eigenvalue weighted by Gasteiger charge is -2.29. The van der Waals surface area contributed by atoms with Gasteiger partial charge in [0.05, 0.1) is 6.61 Å². The topological polar surface area (TPSA) is 29.5 Å². The molecular weight excluding hydrogens is 274 g/mol. The molecule has 3 nitrogen and oxygen atoms in total. The number of rotatable bonds is 5. The van der Waals surface area contributed by atoms with Crippen molar-refractivity contribution < 1.29 is 9.53 Å². The Kier molecular flexibility index (Phi) is 4.42. The van der Waals surface area contributed by atoms with Crippen molar-refractivity contribution >= 4 is 5.91 Å². The Morgan fingerprint density at radius 1 is 1.09 bits per heavy atom. The molecule has 2 aromatic carbocycles. The van der Waals surface area contributed by atoms with Crippen molar-refractivity contribution in [3.8, 4) is 5.75 Å². The van der Waals surface area contributed by atoms with Gasteiger partial charge < -0.3 is 9.64 Å². The molecule has 0 aromatic heterocycles. The van der Waals surface area contributed by atoms with Gasteiger partial charge in [-0.15, -0.1) is 0 Å². The third-order valence-electron chi connectivity index (χ3n) is 3.96. The van der Waals surface area contributed by atoms with E-state index in [1.165, 1.54) is 0 Å². The van der Waals surface area contributed by atoms with Crippen molar-refractivity contribution in [2.75, 3.05) is 13.2 Å². The third kappa shape index (κ3) is 2.98. The fourth-order valence-electron chi connectivity index (χ4n) is 2.84. The number of carbonyl (C=O) groups excluding carboxylic acids is 1. The summed E-state index contributed by atoms with van der Waals surface area (Å²) >= 11 is 0. The average molecular weight is 295 g/mol. The molecule has 3 rings (SSSR count). The second-order valence-corrected chi connectivity index (χ2v) is 5.59. The maximum absolute atomic E-state index is 12.7. The van der Waals surface area contributed by atoms with Crippen LogP contribution in [0.4, 0.5) is 0 Å². The van der Waals surface area contributed by atoms with Gasteiger partial charge in [-0.05, 0) is 30.5 Å². The van der Waals surface area contributed by atoms with E-state index in [4.69, 9.17) is 4.74 Å². The Morgan fingerprint density at radius 3 is 2.68 bits per heavy atom. The molecule has 1 amide bonds. The van der Waals surface area contributed by atoms with Crippen LogP contribution in [0.15, 0.2) is 48.5 Å². The van der Waals surface area contributed by atoms with Crippen LogP contribution in [-0.2, 0) is 13.0 Å². The van der Waals surface area contributed by atoms with E-state index in [1.54, 1.807) is 0 Å². The van der Waals surface area contributed by atoms with E-state index in [0.717, 1.165) is 41.8 Å². The number of hydrogen-bond acceptors (Lipinski definition) is 2. The summed E-state index contributed by atoms with van der Waals surface area (Å²) < 4.78 is 5.78. The molecular formula is C19H21NO2. The summed E-state index contributed by atoms with van der Waals surface area (Å²) in [7, 11) is 0. The molecule has 0 saturated heterocycles. The molecule has 0 atom stereocenters. The number of nitrogens with zero attached hydrogens (tertiary/aromatic N) is 1. The van der Waals surface area contributed by atoms with E-state index in [1.807, 2.05) is 41.3 Å². The molecule has 0 radical (unpaired) electrons. The Hall–Kier alpha value is -2.29. The number of amides is 1. The maximum Gasteiger partial charge on any atom is 0.254 e. The van der Waals surface area contributed by atoms with Gasteiger partial charge in [-0.25, -0.2) is 0 Å². The molecule has 1 heterocycles. The Balaban J connectivity index is 1.81. The van der Waals surface area contributed by atoms with E-state index < -0.39 is 0 Å². The van der Waals surface area contributed by atoms with Crippen LogP contribution < -0.4 is 4.74 Å². The summed E-state index contributed by atoms with van der Waals surface area (Å²) in [5, 5.41) is 0. The lowest BCUT2D eigenvalue weighted by Crippen LogP contribution is -2.37. The van der Waals surface area contributed by atoms with Crippen molar-refractivity contribution in [3.63, 3.8) is 0 Å². The molecule has 0 saturated carbocycles. The summed E-state index contributed by atoms with van der Waals surface area (Å²) in [5.74, 6) is 0.971. The van der Waals surface area contributed by atoms with Gasteiger partial charge >= 0.3 is 0 Å². The molecule has 0 spiro atoms. The number of benzene rings is 2. The minimum Gasteiger partial charge on any atom is -0.493 e. The van der Waals surface area contributed by atoms with Gasteiger partial charge in [-0.2, -0.15) is 0 Å². The Morgan fingerprint density at radius 2 is 1.91 bits per heavy atom. The predicted octanol–water partition coefficient (Wildman–Crippen LogP) is 3.67. The fourth-order valence-corrected chi connectivity index (χ4v) is 2.84. The highest BCUT2D eigenvalue weighted by Gasteiger charge is 2.26. The lowest BCUT2D eigenvalue weighted by atomic mass is 9.97. The van der Waals surface area contributed by atoms with Crippen molar-refractivity contribution in [2.24, 2.45) is 0 Å². The quantitative estimate of drug-likeness (QED) is 0.842. The van der Waals surface area contributed by atoms with E-state index in [2.05, 4.69) is 19.1 Å². The summed E-state index contributed by atoms with van der Waals surface area (Å²) in [6.45, 7) is 4.19. The summed E-state index contributed by atoms with van der Waals surface area (Å²) in [5.41, 5.74) is 3.01. The van der Waals surface area contributed by atoms with Crippen LogP contribution in [0.3, 0.4) is 0 Å². The summed E-state index contributed by atoms with van der Waals surface area (Å²) in [6.07, 6.45) is 1.82. The van der Waals surface area contributed by atoms with Crippen molar-refractivity contribution in [1.29, 1.82) is 0 Å². The van der Waals surface area contributed by atoms with Crippen molar-refractivity contribution in [2.45, 2.75) is 26.3 Å². The van der Waals surface area contributed by atoms with E-state index in [9.17, 15) is 4.79 Å². The zero-order chi connectivity index (χ0) is 15.4. The van der Waals surface area contributed by atoms with Gasteiger partial charge in [-0.1, -0.05) is 43.3 Å². The van der Waals surface area contributed by atoms with E-state index >= 15 is 0 Å². The summed E-state index contributed by atoms with van der Waals surface area (Å²) in [4.78, 5) is 14.6. The van der Waals surface area contributed by atoms with Crippen LogP contribution in [0.1, 0.15) is 34.8 Å². The molecule has 22 heavy (non-hydrogen) atoms. The second kappa shape index (κ2) is 6.65. The molecule has 3 heteroatoms. The standard InChI is InChI=1S/C19H21NO2/c1-2-13-22-18-10-6-9-17-16(18)11-12-20(19(17)21)14-15-7-4-3-5-8-15/h3-10H,2,11-14H2,1H3. The summed E-state index contributed by atoms with van der Waals surface area (Å²) in [6, 6.07) is 15.9. The minimum atomic E-state index is 0.104. The van der Waals surface area contributed by atoms with Gasteiger partial charge in [0.1, 0.15) is 5.75 Å². The van der Waals surface area contributed by atoms with Gasteiger partial charge in [0, 0.05) is 24.2 Å². The van der Waals surface area contributed by atoms with Crippen molar-refractivity contribution in [1.82, 2.24) is 4.90 Å². The van der Waals surface area contributed by atoms with E-state index in [0.29, 0.717) is 13.2 Å². The maximum atomic E-state index is 12.7. The normalized spacial score (nSPS) is 13.9. The molecule has 0 bridgehead atoms. The minimum absolute atomic E-state index is 0.104. The van der Waals surface area contributed by atoms with Crippen LogP contribution >= 0.6 is 0 Å². The second-order valence-electron chi connectivity index (χ2n) is 5.59. The fraction of sp³-hybridized carbons (Fsp3) is 0.316. The number of carbonyl (C=O) groups is 1.